The minimum atomic E-state index is -1.21. The largest absolute Gasteiger partial charge is 0.453 e. The van der Waals surface area contributed by atoms with Crippen LogP contribution in [0.3, 0.4) is 0 Å². The van der Waals surface area contributed by atoms with Gasteiger partial charge in [-0.05, 0) is 39.5 Å². The Hall–Kier alpha value is -4.94. The average Bonchev–Trinajstić information content (AvgIpc) is 3.08. The number of hydrogen-bond donors (Lipinski definition) is 5. The lowest BCUT2D eigenvalue weighted by Gasteiger charge is -2.35. The molecular weight excluding hydrogens is 650 g/mol. The molecule has 0 aromatic heterocycles. The molecule has 0 radical (unpaired) electrons. The van der Waals surface area contributed by atoms with Crippen LogP contribution in [0.25, 0.3) is 11.1 Å². The van der Waals surface area contributed by atoms with E-state index in [1.165, 1.54) is 14.2 Å². The lowest BCUT2D eigenvalue weighted by Crippen LogP contribution is -2.60. The summed E-state index contributed by atoms with van der Waals surface area (Å²) in [5, 5.41) is 21.6. The summed E-state index contributed by atoms with van der Waals surface area (Å²) in [4.78, 5) is 51.9. The van der Waals surface area contributed by atoms with Gasteiger partial charge in [0.15, 0.2) is 0 Å². The van der Waals surface area contributed by atoms with E-state index in [9.17, 15) is 24.3 Å². The van der Waals surface area contributed by atoms with E-state index in [1.807, 2.05) is 126 Å². The molecular formula is C39H53N5O7. The zero-order valence-corrected chi connectivity index (χ0v) is 30.9. The van der Waals surface area contributed by atoms with E-state index < -0.39 is 59.1 Å². The molecule has 0 saturated heterocycles. The Labute approximate surface area is 301 Å². The van der Waals surface area contributed by atoms with Crippen molar-refractivity contribution in [3.05, 3.63) is 96.1 Å². The molecule has 0 saturated carbocycles. The van der Waals surface area contributed by atoms with Crippen molar-refractivity contribution < 1.29 is 33.8 Å². The van der Waals surface area contributed by atoms with Crippen molar-refractivity contribution in [1.82, 2.24) is 26.4 Å². The van der Waals surface area contributed by atoms with E-state index >= 15 is 0 Å². The molecule has 0 spiro atoms. The van der Waals surface area contributed by atoms with Gasteiger partial charge >= 0.3 is 12.2 Å². The van der Waals surface area contributed by atoms with Gasteiger partial charge in [0.25, 0.3) is 5.91 Å². The predicted molar refractivity (Wildman–Crippen MR) is 196 cm³/mol. The molecule has 0 aliphatic carbocycles. The van der Waals surface area contributed by atoms with Gasteiger partial charge in [-0.25, -0.2) is 14.6 Å². The third-order valence-corrected chi connectivity index (χ3v) is 8.35. The minimum Gasteiger partial charge on any atom is -0.453 e. The van der Waals surface area contributed by atoms with Gasteiger partial charge in [-0.15, -0.1) is 0 Å². The predicted octanol–water partition coefficient (Wildman–Crippen LogP) is 4.82. The summed E-state index contributed by atoms with van der Waals surface area (Å²) in [6, 6.07) is 24.4. The molecule has 5 N–H and O–H groups in total. The number of nitrogens with zero attached hydrogens (tertiary/aromatic N) is 1. The fourth-order valence-electron chi connectivity index (χ4n) is 5.50. The highest BCUT2D eigenvalue weighted by Crippen LogP contribution is 2.23. The number of ether oxygens (including phenoxy) is 2. The number of aliphatic hydroxyl groups excluding tert-OH is 1. The molecule has 0 aliphatic heterocycles. The number of aliphatic hydroxyl groups is 1. The van der Waals surface area contributed by atoms with Crippen LogP contribution in [0.5, 0.6) is 0 Å². The van der Waals surface area contributed by atoms with Crippen LogP contribution < -0.4 is 21.4 Å². The van der Waals surface area contributed by atoms with E-state index in [-0.39, 0.29) is 19.5 Å². The first kappa shape index (κ1) is 40.5. The lowest BCUT2D eigenvalue weighted by atomic mass is 9.85. The molecule has 3 aromatic rings. The lowest BCUT2D eigenvalue weighted by molar-refractivity contribution is -0.132. The fraction of sp³-hybridized carbons (Fsp3) is 0.436. The van der Waals surface area contributed by atoms with Crippen molar-refractivity contribution in [3.63, 3.8) is 0 Å². The molecule has 3 rings (SSSR count). The summed E-state index contributed by atoms with van der Waals surface area (Å²) in [6.07, 6.45) is -2.47. The second-order valence-corrected chi connectivity index (χ2v) is 14.7. The molecule has 276 valence electrons. The first-order valence-corrected chi connectivity index (χ1v) is 16.9. The van der Waals surface area contributed by atoms with Crippen LogP contribution in [-0.2, 0) is 32.0 Å². The number of nitrogens with one attached hydrogen (secondary N) is 4. The molecule has 51 heavy (non-hydrogen) atoms. The molecule has 4 atom stereocenters. The maximum atomic E-state index is 13.8. The highest BCUT2D eigenvalue weighted by Gasteiger charge is 2.37. The van der Waals surface area contributed by atoms with Gasteiger partial charge in [-0.3, -0.25) is 15.0 Å². The van der Waals surface area contributed by atoms with Crippen molar-refractivity contribution in [2.45, 2.75) is 78.7 Å². The molecule has 0 fully saturated rings. The van der Waals surface area contributed by atoms with Crippen molar-refractivity contribution >= 4 is 24.0 Å². The number of benzene rings is 3. The summed E-state index contributed by atoms with van der Waals surface area (Å²) in [7, 11) is 2.44. The Bertz CT molecular complexity index is 1570. The highest BCUT2D eigenvalue weighted by molar-refractivity contribution is 5.87. The zero-order chi connectivity index (χ0) is 37.8. The van der Waals surface area contributed by atoms with E-state index in [2.05, 4.69) is 21.4 Å². The van der Waals surface area contributed by atoms with Crippen molar-refractivity contribution in [1.29, 1.82) is 0 Å². The third-order valence-electron chi connectivity index (χ3n) is 8.35. The first-order chi connectivity index (χ1) is 24.0. The Morgan fingerprint density at radius 2 is 1.12 bits per heavy atom. The molecule has 12 nitrogen and oxygen atoms in total. The standard InChI is InChI=1S/C39H53N5O7/c1-38(2,3)32(41-36(48)50-7)34(46)40-30(23-26-15-11-9-12-16-26)31(45)25-44(43-35(47)33(39(4,5)6)42-37(49)51-8)24-27-19-21-29(22-20-27)28-17-13-10-14-18-28/h9-22,30-33,45H,23-25H2,1-8H3,(H,40,46)(H,41,48)(H,42,49)(H,43,47). The van der Waals surface area contributed by atoms with Crippen molar-refractivity contribution in [3.8, 4) is 11.1 Å². The van der Waals surface area contributed by atoms with Crippen LogP contribution in [0.1, 0.15) is 52.7 Å². The smallest absolute Gasteiger partial charge is 0.407 e. The van der Waals surface area contributed by atoms with Crippen LogP contribution in [0.15, 0.2) is 84.9 Å². The van der Waals surface area contributed by atoms with Crippen LogP contribution in [0.2, 0.25) is 0 Å². The van der Waals surface area contributed by atoms with Crippen molar-refractivity contribution in [2.24, 2.45) is 10.8 Å². The van der Waals surface area contributed by atoms with Crippen LogP contribution in [-0.4, -0.2) is 79.1 Å². The molecule has 0 heterocycles. The van der Waals surface area contributed by atoms with Gasteiger partial charge in [-0.1, -0.05) is 126 Å². The summed E-state index contributed by atoms with van der Waals surface area (Å²) >= 11 is 0. The van der Waals surface area contributed by atoms with E-state index in [0.717, 1.165) is 22.3 Å². The van der Waals surface area contributed by atoms with Gasteiger partial charge in [0.1, 0.15) is 12.1 Å². The van der Waals surface area contributed by atoms with Crippen molar-refractivity contribution in [2.75, 3.05) is 20.8 Å². The zero-order valence-electron chi connectivity index (χ0n) is 30.9. The third kappa shape index (κ3) is 12.7. The number of hydrogen-bond acceptors (Lipinski definition) is 8. The van der Waals surface area contributed by atoms with E-state index in [0.29, 0.717) is 0 Å². The van der Waals surface area contributed by atoms with Crippen LogP contribution >= 0.6 is 0 Å². The Morgan fingerprint density at radius 1 is 0.647 bits per heavy atom. The van der Waals surface area contributed by atoms with Gasteiger partial charge in [0.05, 0.1) is 26.4 Å². The van der Waals surface area contributed by atoms with Crippen LogP contribution in [0, 0.1) is 10.8 Å². The fourth-order valence-corrected chi connectivity index (χ4v) is 5.50. The summed E-state index contributed by atoms with van der Waals surface area (Å²) in [5.74, 6) is -1.02. The molecule has 4 unspecified atom stereocenters. The second kappa shape index (κ2) is 18.3. The number of amides is 4. The highest BCUT2D eigenvalue weighted by atomic mass is 16.5. The van der Waals surface area contributed by atoms with E-state index in [1.54, 1.807) is 5.01 Å². The van der Waals surface area contributed by atoms with Crippen LogP contribution in [0.4, 0.5) is 9.59 Å². The van der Waals surface area contributed by atoms with Gasteiger partial charge in [0.2, 0.25) is 5.91 Å². The summed E-state index contributed by atoms with van der Waals surface area (Å²) in [5.41, 5.74) is 5.30. The molecule has 0 aliphatic rings. The minimum absolute atomic E-state index is 0.107. The normalized spacial score (nSPS) is 14.0. The quantitative estimate of drug-likeness (QED) is 0.150. The number of carbonyl (C=O) groups is 4. The van der Waals surface area contributed by atoms with Gasteiger partial charge in [0, 0.05) is 13.1 Å². The van der Waals surface area contributed by atoms with Gasteiger partial charge in [-0.2, -0.15) is 0 Å². The number of hydrazine groups is 1. The molecule has 12 heteroatoms. The Morgan fingerprint density at radius 3 is 1.61 bits per heavy atom. The van der Waals surface area contributed by atoms with E-state index in [4.69, 9.17) is 9.47 Å². The maximum Gasteiger partial charge on any atom is 0.407 e. The maximum absolute atomic E-state index is 13.8. The number of methoxy groups -OCH3 is 2. The monoisotopic (exact) mass is 703 g/mol. The molecule has 3 aromatic carbocycles. The first-order valence-electron chi connectivity index (χ1n) is 16.9. The number of rotatable bonds is 14. The summed E-state index contributed by atoms with van der Waals surface area (Å²) in [6.45, 7) is 11.0. The topological polar surface area (TPSA) is 158 Å². The number of carbonyl (C=O) groups excluding carboxylic acids is 4. The summed E-state index contributed by atoms with van der Waals surface area (Å²) < 4.78 is 9.55. The average molecular weight is 704 g/mol. The Kier molecular flexibility index (Phi) is 14.6. The Balaban J connectivity index is 1.96. The molecule has 0 bridgehead atoms. The second-order valence-electron chi connectivity index (χ2n) is 14.7. The molecule has 4 amide bonds. The van der Waals surface area contributed by atoms with Gasteiger partial charge < -0.3 is 30.5 Å². The number of alkyl carbamates (subject to hydrolysis) is 2. The SMILES string of the molecule is COC(=O)NC(C(=O)NC(Cc1ccccc1)C(O)CN(Cc1ccc(-c2ccccc2)cc1)NC(=O)C(NC(=O)OC)C(C)(C)C)C(C)(C)C.